The Hall–Kier alpha value is -3.86. The van der Waals surface area contributed by atoms with E-state index in [0.717, 1.165) is 41.3 Å². The summed E-state index contributed by atoms with van der Waals surface area (Å²) in [5.74, 6) is -0.0952. The number of nitrogens with one attached hydrogen (secondary N) is 2. The largest absolute Gasteiger partial charge is 0.417 e. The van der Waals surface area contributed by atoms with Crippen LogP contribution in [0, 0.1) is 0 Å². The van der Waals surface area contributed by atoms with E-state index in [9.17, 15) is 9.59 Å². The van der Waals surface area contributed by atoms with Crippen LogP contribution in [0.25, 0.3) is 22.3 Å². The second-order valence-corrected chi connectivity index (χ2v) is 25.2. The molecule has 0 spiro atoms. The van der Waals surface area contributed by atoms with Crippen molar-refractivity contribution in [2.75, 3.05) is 19.7 Å². The van der Waals surface area contributed by atoms with Crippen LogP contribution in [0.3, 0.4) is 0 Å². The van der Waals surface area contributed by atoms with Gasteiger partial charge >= 0.3 is 0 Å². The van der Waals surface area contributed by atoms with Crippen LogP contribution in [0.4, 0.5) is 4.11 Å². The quantitative estimate of drug-likeness (QED) is 0.0602. The highest BCUT2D eigenvalue weighted by molar-refractivity contribution is 6.76. The smallest absolute Gasteiger partial charge is 0.252 e. The van der Waals surface area contributed by atoms with Gasteiger partial charge in [-0.1, -0.05) is 140 Å². The maximum atomic E-state index is 15.1. The third-order valence-electron chi connectivity index (χ3n) is 10.8. The SMILES string of the molecule is CC(C)[Si](F)(CCCNC(=O)c1ccc(-c2ccccc2)cc1)C(C)C.CCO[Si](CCCNC(=O)c1ccc(-c2ccccc2)cc1)(C(C)C)C(C)C. The van der Waals surface area contributed by atoms with Gasteiger partial charge in [-0.05, 0) is 101 Å². The molecule has 4 aromatic carbocycles. The molecule has 0 saturated heterocycles. The number of carbonyl (C=O) groups is 2. The Kier molecular flexibility index (Phi) is 18.1. The van der Waals surface area contributed by atoms with Gasteiger partial charge in [-0.15, -0.1) is 0 Å². The number of carbonyl (C=O) groups excluding carboxylic acids is 2. The van der Waals surface area contributed by atoms with Crippen molar-refractivity contribution in [3.05, 3.63) is 120 Å². The van der Waals surface area contributed by atoms with Crippen LogP contribution in [0.5, 0.6) is 0 Å². The van der Waals surface area contributed by atoms with E-state index in [-0.39, 0.29) is 22.9 Å². The molecule has 0 atom stereocenters. The molecule has 54 heavy (non-hydrogen) atoms. The topological polar surface area (TPSA) is 67.4 Å². The molecule has 8 heteroatoms. The van der Waals surface area contributed by atoms with Crippen molar-refractivity contribution in [3.63, 3.8) is 0 Å². The summed E-state index contributed by atoms with van der Waals surface area (Å²) in [6.45, 7) is 21.2. The average Bonchev–Trinajstić information content (AvgIpc) is 3.18. The first kappa shape index (κ1) is 44.5. The molecule has 0 saturated carbocycles. The maximum Gasteiger partial charge on any atom is 0.252 e. The van der Waals surface area contributed by atoms with E-state index < -0.39 is 16.7 Å². The summed E-state index contributed by atoms with van der Waals surface area (Å²) < 4.78 is 21.4. The third-order valence-corrected chi connectivity index (χ3v) is 21.7. The Morgan fingerprint density at radius 3 is 1.22 bits per heavy atom. The van der Waals surface area contributed by atoms with Crippen molar-refractivity contribution < 1.29 is 18.1 Å². The molecular weight excluding hydrogens is 704 g/mol. The van der Waals surface area contributed by atoms with Gasteiger partial charge in [-0.2, -0.15) is 0 Å². The summed E-state index contributed by atoms with van der Waals surface area (Å²) in [6, 6.07) is 37.4. The number of rotatable bonds is 18. The van der Waals surface area contributed by atoms with E-state index in [1.54, 1.807) is 0 Å². The fourth-order valence-corrected chi connectivity index (χ4v) is 15.2. The Balaban J connectivity index is 0.000000291. The van der Waals surface area contributed by atoms with E-state index >= 15 is 4.11 Å². The van der Waals surface area contributed by atoms with Gasteiger partial charge in [-0.3, -0.25) is 9.59 Å². The summed E-state index contributed by atoms with van der Waals surface area (Å²) >= 11 is 0. The minimum absolute atomic E-state index is 0.00242. The molecule has 0 aliphatic heterocycles. The zero-order valence-corrected chi connectivity index (χ0v) is 36.3. The van der Waals surface area contributed by atoms with Crippen molar-refractivity contribution in [1.29, 1.82) is 0 Å². The molecule has 0 radical (unpaired) electrons. The third kappa shape index (κ3) is 12.6. The zero-order chi connectivity index (χ0) is 39.7. The molecule has 4 rings (SSSR count). The number of halogens is 1. The first-order valence-corrected chi connectivity index (χ1v) is 24.5. The van der Waals surface area contributed by atoms with Crippen molar-refractivity contribution in [3.8, 4) is 22.3 Å². The van der Waals surface area contributed by atoms with E-state index in [2.05, 4.69) is 57.4 Å². The predicted molar refractivity (Wildman–Crippen MR) is 232 cm³/mol. The van der Waals surface area contributed by atoms with Gasteiger partial charge < -0.3 is 19.2 Å². The Morgan fingerprint density at radius 2 is 0.889 bits per heavy atom. The van der Waals surface area contributed by atoms with Gasteiger partial charge in [0.2, 0.25) is 0 Å². The molecule has 4 aromatic rings. The normalized spacial score (nSPS) is 11.8. The lowest BCUT2D eigenvalue weighted by Gasteiger charge is -2.38. The molecular formula is C46H65FN2O3Si2. The highest BCUT2D eigenvalue weighted by atomic mass is 28.4. The summed E-state index contributed by atoms with van der Waals surface area (Å²) in [5.41, 5.74) is 7.24. The van der Waals surface area contributed by atoms with Crippen molar-refractivity contribution in [2.24, 2.45) is 0 Å². The van der Waals surface area contributed by atoms with Crippen LogP contribution in [0.2, 0.25) is 34.3 Å². The van der Waals surface area contributed by atoms with Crippen molar-refractivity contribution in [1.82, 2.24) is 10.6 Å². The number of hydrogen-bond acceptors (Lipinski definition) is 3. The fraction of sp³-hybridized carbons (Fsp3) is 0.435. The molecule has 0 aromatic heterocycles. The van der Waals surface area contributed by atoms with Gasteiger partial charge in [0.1, 0.15) is 0 Å². The van der Waals surface area contributed by atoms with Crippen LogP contribution in [0.15, 0.2) is 109 Å². The molecule has 0 aliphatic rings. The molecule has 292 valence electrons. The Labute approximate surface area is 327 Å². The van der Waals surface area contributed by atoms with Gasteiger partial charge in [0, 0.05) is 30.8 Å². The van der Waals surface area contributed by atoms with Crippen LogP contribution in [0.1, 0.15) is 95.9 Å². The van der Waals surface area contributed by atoms with E-state index in [0.29, 0.717) is 47.8 Å². The zero-order valence-electron chi connectivity index (χ0n) is 34.3. The van der Waals surface area contributed by atoms with Gasteiger partial charge in [0.15, 0.2) is 8.32 Å². The summed E-state index contributed by atoms with van der Waals surface area (Å²) in [5, 5.41) is 6.00. The van der Waals surface area contributed by atoms with Gasteiger partial charge in [0.25, 0.3) is 20.2 Å². The average molecular weight is 769 g/mol. The Bertz CT molecular complexity index is 1660. The van der Waals surface area contributed by atoms with Crippen LogP contribution in [-0.4, -0.2) is 48.2 Å². The molecule has 5 nitrogen and oxygen atoms in total. The van der Waals surface area contributed by atoms with E-state index in [1.807, 2.05) is 125 Å². The fourth-order valence-electron chi connectivity index (χ4n) is 7.38. The van der Waals surface area contributed by atoms with Crippen LogP contribution < -0.4 is 10.6 Å². The molecule has 0 heterocycles. The lowest BCUT2D eigenvalue weighted by Crippen LogP contribution is -2.45. The second-order valence-electron chi connectivity index (χ2n) is 15.5. The lowest BCUT2D eigenvalue weighted by atomic mass is 10.0. The lowest BCUT2D eigenvalue weighted by molar-refractivity contribution is 0.0945. The van der Waals surface area contributed by atoms with Crippen molar-refractivity contribution in [2.45, 2.75) is 109 Å². The summed E-state index contributed by atoms with van der Waals surface area (Å²) in [6.07, 6.45) is 1.67. The number of amides is 2. The molecule has 2 amide bonds. The maximum absolute atomic E-state index is 15.1. The summed E-state index contributed by atoms with van der Waals surface area (Å²) in [7, 11) is -4.55. The van der Waals surface area contributed by atoms with E-state index in [4.69, 9.17) is 4.43 Å². The molecule has 0 unspecified atom stereocenters. The number of hydrogen-bond donors (Lipinski definition) is 2. The Morgan fingerprint density at radius 1 is 0.537 bits per heavy atom. The van der Waals surface area contributed by atoms with Crippen molar-refractivity contribution >= 4 is 28.5 Å². The van der Waals surface area contributed by atoms with Gasteiger partial charge in [-0.25, -0.2) is 0 Å². The predicted octanol–water partition coefficient (Wildman–Crippen LogP) is 12.5. The highest BCUT2D eigenvalue weighted by Crippen LogP contribution is 2.38. The summed E-state index contributed by atoms with van der Waals surface area (Å²) in [4.78, 5) is 24.8. The minimum atomic E-state index is -2.75. The van der Waals surface area contributed by atoms with Crippen LogP contribution >= 0.6 is 0 Å². The van der Waals surface area contributed by atoms with E-state index in [1.165, 1.54) is 0 Å². The second kappa shape index (κ2) is 21.9. The monoisotopic (exact) mass is 768 g/mol. The first-order valence-electron chi connectivity index (χ1n) is 19.9. The van der Waals surface area contributed by atoms with Crippen LogP contribution in [-0.2, 0) is 4.43 Å². The van der Waals surface area contributed by atoms with Gasteiger partial charge in [0.05, 0.1) is 0 Å². The first-order chi connectivity index (χ1) is 25.7. The standard InChI is InChI=1S/C24H35NO2Si.C22H30FNOSi/c1-6-27-28(19(2)3,20(4)5)18-10-17-25-24(26)23-15-13-22(14-16-23)21-11-8-7-9-12-21;1-17(2)26(23,18(3)4)16-8-15-24-22(25)21-13-11-20(12-14-21)19-9-6-5-7-10-19/h7-9,11-16,19-20H,6,10,17-18H2,1-5H3,(H,25,26);5-7,9-14,17-18H,8,15-16H2,1-4H3,(H,24,25). The molecule has 0 bridgehead atoms. The number of benzene rings is 4. The molecule has 2 N–H and O–H groups in total. The highest BCUT2D eigenvalue weighted by Gasteiger charge is 2.41. The molecule has 0 fully saturated rings. The minimum Gasteiger partial charge on any atom is -0.417 e. The molecule has 0 aliphatic carbocycles.